The lowest BCUT2D eigenvalue weighted by atomic mass is 9.94. The summed E-state index contributed by atoms with van der Waals surface area (Å²) in [7, 11) is 1.36. The molecule has 2 N–H and O–H groups in total. The maximum absolute atomic E-state index is 11.7. The highest BCUT2D eigenvalue weighted by Crippen LogP contribution is 2.14. The van der Waals surface area contributed by atoms with Crippen LogP contribution in [-0.2, 0) is 20.9 Å². The standard InChI is InChI=1S/C15H22N2O3/c1-15(2,14(19)20-3)11-16-10-13(18)17-9-12-7-5-4-6-8-12/h4-8,16H,9-11H2,1-3H3,(H,17,18). The number of carbonyl (C=O) groups excluding carboxylic acids is 2. The van der Waals surface area contributed by atoms with E-state index in [1.54, 1.807) is 13.8 Å². The van der Waals surface area contributed by atoms with Crippen molar-refractivity contribution in [1.82, 2.24) is 10.6 Å². The van der Waals surface area contributed by atoms with Gasteiger partial charge in [-0.2, -0.15) is 0 Å². The summed E-state index contributed by atoms with van der Waals surface area (Å²) in [6.07, 6.45) is 0. The van der Waals surface area contributed by atoms with Crippen molar-refractivity contribution in [3.63, 3.8) is 0 Å². The van der Waals surface area contributed by atoms with Gasteiger partial charge in [-0.3, -0.25) is 9.59 Å². The lowest BCUT2D eigenvalue weighted by Gasteiger charge is -2.21. The van der Waals surface area contributed by atoms with Gasteiger partial charge in [0.1, 0.15) is 0 Å². The molecule has 0 saturated carbocycles. The zero-order valence-corrected chi connectivity index (χ0v) is 12.2. The van der Waals surface area contributed by atoms with Crippen molar-refractivity contribution in [1.29, 1.82) is 0 Å². The molecule has 20 heavy (non-hydrogen) atoms. The molecule has 5 heteroatoms. The van der Waals surface area contributed by atoms with Crippen LogP contribution >= 0.6 is 0 Å². The number of hydrogen-bond acceptors (Lipinski definition) is 4. The third kappa shape index (κ3) is 5.40. The molecule has 0 saturated heterocycles. The summed E-state index contributed by atoms with van der Waals surface area (Å²) in [5.41, 5.74) is 0.407. The fourth-order valence-electron chi connectivity index (χ4n) is 1.70. The number of hydrogen-bond donors (Lipinski definition) is 2. The molecule has 0 radical (unpaired) electrons. The van der Waals surface area contributed by atoms with Gasteiger partial charge < -0.3 is 15.4 Å². The van der Waals surface area contributed by atoms with Gasteiger partial charge in [-0.1, -0.05) is 30.3 Å². The predicted molar refractivity (Wildman–Crippen MR) is 77.0 cm³/mol. The molecule has 110 valence electrons. The van der Waals surface area contributed by atoms with E-state index in [1.807, 2.05) is 30.3 Å². The lowest BCUT2D eigenvalue weighted by molar-refractivity contribution is -0.150. The Kier molecular flexibility index (Phi) is 6.18. The largest absolute Gasteiger partial charge is 0.469 e. The molecule has 1 aromatic carbocycles. The van der Waals surface area contributed by atoms with Crippen LogP contribution in [0.1, 0.15) is 19.4 Å². The Hall–Kier alpha value is -1.88. The summed E-state index contributed by atoms with van der Waals surface area (Å²) in [6, 6.07) is 9.70. The van der Waals surface area contributed by atoms with Gasteiger partial charge in [0.25, 0.3) is 0 Å². The first kappa shape index (κ1) is 16.2. The number of ether oxygens (including phenoxy) is 1. The van der Waals surface area contributed by atoms with E-state index in [2.05, 4.69) is 10.6 Å². The predicted octanol–water partition coefficient (Wildman–Crippen LogP) is 1.09. The van der Waals surface area contributed by atoms with Crippen LogP contribution < -0.4 is 10.6 Å². The van der Waals surface area contributed by atoms with Crippen LogP contribution in [0.15, 0.2) is 30.3 Å². The van der Waals surface area contributed by atoms with Crippen LogP contribution in [0.4, 0.5) is 0 Å². The van der Waals surface area contributed by atoms with Crippen molar-refractivity contribution in [3.05, 3.63) is 35.9 Å². The number of benzene rings is 1. The first-order chi connectivity index (χ1) is 9.45. The van der Waals surface area contributed by atoms with E-state index in [0.717, 1.165) is 5.56 Å². The Morgan fingerprint density at radius 2 is 1.85 bits per heavy atom. The summed E-state index contributed by atoms with van der Waals surface area (Å²) in [5, 5.41) is 5.77. The van der Waals surface area contributed by atoms with Gasteiger partial charge >= 0.3 is 5.97 Å². The van der Waals surface area contributed by atoms with Gasteiger partial charge in [-0.15, -0.1) is 0 Å². The minimum Gasteiger partial charge on any atom is -0.469 e. The molecule has 0 aromatic heterocycles. The molecule has 0 heterocycles. The third-order valence-electron chi connectivity index (χ3n) is 2.92. The Bertz CT molecular complexity index is 444. The van der Waals surface area contributed by atoms with E-state index < -0.39 is 5.41 Å². The second-order valence-corrected chi connectivity index (χ2v) is 5.24. The van der Waals surface area contributed by atoms with Crippen molar-refractivity contribution in [2.75, 3.05) is 20.2 Å². The third-order valence-corrected chi connectivity index (χ3v) is 2.92. The molecule has 0 atom stereocenters. The Morgan fingerprint density at radius 3 is 2.45 bits per heavy atom. The van der Waals surface area contributed by atoms with Gasteiger partial charge in [0, 0.05) is 13.1 Å². The SMILES string of the molecule is COC(=O)C(C)(C)CNCC(=O)NCc1ccccc1. The maximum Gasteiger partial charge on any atom is 0.312 e. The van der Waals surface area contributed by atoms with Crippen LogP contribution in [0, 0.1) is 5.41 Å². The van der Waals surface area contributed by atoms with Gasteiger partial charge in [0.05, 0.1) is 19.1 Å². The quantitative estimate of drug-likeness (QED) is 0.733. The molecule has 0 unspecified atom stereocenters. The summed E-state index contributed by atoms with van der Waals surface area (Å²) >= 11 is 0. The fraction of sp³-hybridized carbons (Fsp3) is 0.467. The molecule has 0 bridgehead atoms. The zero-order chi connectivity index (χ0) is 15.0. The van der Waals surface area contributed by atoms with Crippen molar-refractivity contribution in [2.45, 2.75) is 20.4 Å². The first-order valence-electron chi connectivity index (χ1n) is 6.55. The molecule has 0 aliphatic carbocycles. The normalized spacial score (nSPS) is 10.9. The Labute approximate surface area is 119 Å². The topological polar surface area (TPSA) is 67.4 Å². The highest BCUT2D eigenvalue weighted by molar-refractivity contribution is 5.78. The molecule has 0 fully saturated rings. The summed E-state index contributed by atoms with van der Waals surface area (Å²) < 4.78 is 4.70. The average Bonchev–Trinajstić information content (AvgIpc) is 2.45. The van der Waals surface area contributed by atoms with Crippen molar-refractivity contribution >= 4 is 11.9 Å². The molecule has 1 aromatic rings. The summed E-state index contributed by atoms with van der Waals surface area (Å²) in [4.78, 5) is 23.1. The molecule has 5 nitrogen and oxygen atoms in total. The molecule has 0 aliphatic heterocycles. The van der Waals surface area contributed by atoms with Crippen molar-refractivity contribution < 1.29 is 14.3 Å². The lowest BCUT2D eigenvalue weighted by Crippen LogP contribution is -2.41. The molecular weight excluding hydrogens is 256 g/mol. The highest BCUT2D eigenvalue weighted by Gasteiger charge is 2.28. The van der Waals surface area contributed by atoms with Crippen molar-refractivity contribution in [3.8, 4) is 0 Å². The number of esters is 1. The highest BCUT2D eigenvalue weighted by atomic mass is 16.5. The van der Waals surface area contributed by atoms with E-state index in [1.165, 1.54) is 7.11 Å². The number of carbonyl (C=O) groups is 2. The van der Waals surface area contributed by atoms with E-state index in [9.17, 15) is 9.59 Å². The number of amides is 1. The minimum absolute atomic E-state index is 0.102. The van der Waals surface area contributed by atoms with Crippen LogP contribution in [0.3, 0.4) is 0 Å². The fourth-order valence-corrected chi connectivity index (χ4v) is 1.70. The Balaban J connectivity index is 2.25. The smallest absolute Gasteiger partial charge is 0.312 e. The van der Waals surface area contributed by atoms with Crippen LogP contribution in [0.5, 0.6) is 0 Å². The molecule has 1 rings (SSSR count). The van der Waals surface area contributed by atoms with E-state index in [-0.39, 0.29) is 18.4 Å². The molecular formula is C15H22N2O3. The molecule has 0 aliphatic rings. The van der Waals surface area contributed by atoms with Gasteiger partial charge in [0.15, 0.2) is 0 Å². The van der Waals surface area contributed by atoms with E-state index in [4.69, 9.17) is 4.74 Å². The second kappa shape index (κ2) is 7.65. The van der Waals surface area contributed by atoms with Gasteiger partial charge in [-0.25, -0.2) is 0 Å². The van der Waals surface area contributed by atoms with Crippen LogP contribution in [0.25, 0.3) is 0 Å². The van der Waals surface area contributed by atoms with Gasteiger partial charge in [-0.05, 0) is 19.4 Å². The van der Waals surface area contributed by atoms with Gasteiger partial charge in [0.2, 0.25) is 5.91 Å². The minimum atomic E-state index is -0.644. The zero-order valence-electron chi connectivity index (χ0n) is 12.2. The monoisotopic (exact) mass is 278 g/mol. The maximum atomic E-state index is 11.7. The molecule has 0 spiro atoms. The molecule has 1 amide bonds. The summed E-state index contributed by atoms with van der Waals surface area (Å²) in [5.74, 6) is -0.399. The van der Waals surface area contributed by atoms with Crippen molar-refractivity contribution in [2.24, 2.45) is 5.41 Å². The second-order valence-electron chi connectivity index (χ2n) is 5.24. The number of methoxy groups -OCH3 is 1. The van der Waals surface area contributed by atoms with Crippen LogP contribution in [-0.4, -0.2) is 32.1 Å². The number of nitrogens with one attached hydrogen (secondary N) is 2. The average molecular weight is 278 g/mol. The van der Waals surface area contributed by atoms with E-state index in [0.29, 0.717) is 13.1 Å². The summed E-state index contributed by atoms with van der Waals surface area (Å²) in [6.45, 7) is 4.61. The van der Waals surface area contributed by atoms with E-state index >= 15 is 0 Å². The number of rotatable bonds is 7. The first-order valence-corrected chi connectivity index (χ1v) is 6.55. The van der Waals surface area contributed by atoms with Crippen LogP contribution in [0.2, 0.25) is 0 Å². The Morgan fingerprint density at radius 1 is 1.20 bits per heavy atom.